The number of ether oxygens (including phenoxy) is 1. The summed E-state index contributed by atoms with van der Waals surface area (Å²) in [6.45, 7) is 0.333. The highest BCUT2D eigenvalue weighted by Gasteiger charge is 2.17. The number of likely N-dealkylation sites (N-methyl/N-ethyl adjacent to an activating group) is 1. The maximum absolute atomic E-state index is 12.0. The Morgan fingerprint density at radius 1 is 1.09 bits per heavy atom. The van der Waals surface area contributed by atoms with E-state index in [2.05, 4.69) is 10.5 Å². The molecule has 2 aromatic carbocycles. The van der Waals surface area contributed by atoms with Crippen LogP contribution in [0.25, 0.3) is 0 Å². The Morgan fingerprint density at radius 3 is 2.45 bits per heavy atom. The maximum Gasteiger partial charge on any atom is 0.273 e. The lowest BCUT2D eigenvalue weighted by Crippen LogP contribution is -2.29. The second-order valence-electron chi connectivity index (χ2n) is 4.46. The SMILES string of the molecule is CNC(=O)/C(=N/OC)c1ccccc1COc1ccccc1. The molecule has 22 heavy (non-hydrogen) atoms. The van der Waals surface area contributed by atoms with Crippen molar-refractivity contribution in [3.05, 3.63) is 65.7 Å². The Morgan fingerprint density at radius 2 is 1.77 bits per heavy atom. The minimum atomic E-state index is -0.311. The van der Waals surface area contributed by atoms with Gasteiger partial charge in [0.25, 0.3) is 5.91 Å². The van der Waals surface area contributed by atoms with Crippen molar-refractivity contribution in [1.29, 1.82) is 0 Å². The van der Waals surface area contributed by atoms with E-state index in [4.69, 9.17) is 9.57 Å². The lowest BCUT2D eigenvalue weighted by molar-refractivity contribution is -0.114. The van der Waals surface area contributed by atoms with Crippen molar-refractivity contribution in [1.82, 2.24) is 5.32 Å². The molecule has 0 saturated carbocycles. The molecule has 0 aromatic heterocycles. The normalized spacial score (nSPS) is 10.9. The van der Waals surface area contributed by atoms with Crippen LogP contribution in [0.15, 0.2) is 59.8 Å². The number of carbonyl (C=O) groups is 1. The van der Waals surface area contributed by atoms with Gasteiger partial charge in [0, 0.05) is 12.6 Å². The van der Waals surface area contributed by atoms with Crippen LogP contribution in [0.3, 0.4) is 0 Å². The zero-order chi connectivity index (χ0) is 15.8. The average molecular weight is 298 g/mol. The number of hydrogen-bond acceptors (Lipinski definition) is 4. The first-order valence-corrected chi connectivity index (χ1v) is 6.85. The van der Waals surface area contributed by atoms with Gasteiger partial charge in [-0.15, -0.1) is 0 Å². The summed E-state index contributed by atoms with van der Waals surface area (Å²) in [5.74, 6) is 0.455. The van der Waals surface area contributed by atoms with Gasteiger partial charge >= 0.3 is 0 Å². The van der Waals surface area contributed by atoms with Crippen LogP contribution in [0, 0.1) is 0 Å². The summed E-state index contributed by atoms with van der Waals surface area (Å²) in [6, 6.07) is 16.9. The summed E-state index contributed by atoms with van der Waals surface area (Å²) >= 11 is 0. The van der Waals surface area contributed by atoms with Crippen molar-refractivity contribution in [2.45, 2.75) is 6.61 Å². The molecule has 0 atom stereocenters. The molecule has 0 aliphatic rings. The minimum Gasteiger partial charge on any atom is -0.489 e. The summed E-state index contributed by atoms with van der Waals surface area (Å²) in [6.07, 6.45) is 0. The van der Waals surface area contributed by atoms with Gasteiger partial charge in [-0.25, -0.2) is 0 Å². The van der Waals surface area contributed by atoms with Crippen LogP contribution in [0.4, 0.5) is 0 Å². The fourth-order valence-corrected chi connectivity index (χ4v) is 1.98. The van der Waals surface area contributed by atoms with Crippen LogP contribution in [0.1, 0.15) is 11.1 Å². The third kappa shape index (κ3) is 3.85. The standard InChI is InChI=1S/C17H18N2O3/c1-18-17(20)16(19-21-2)15-11-7-6-8-13(15)12-22-14-9-4-3-5-10-14/h3-11H,12H2,1-2H3,(H,18,20)/b19-16+. The van der Waals surface area contributed by atoms with Gasteiger partial charge in [0.05, 0.1) is 0 Å². The molecule has 0 spiro atoms. The van der Waals surface area contributed by atoms with Gasteiger partial charge in [-0.1, -0.05) is 47.6 Å². The van der Waals surface area contributed by atoms with Crippen LogP contribution in [0.5, 0.6) is 5.75 Å². The molecule has 2 rings (SSSR count). The summed E-state index contributed by atoms with van der Waals surface area (Å²) in [5, 5.41) is 6.39. The van der Waals surface area contributed by atoms with E-state index >= 15 is 0 Å². The lowest BCUT2D eigenvalue weighted by Gasteiger charge is -2.12. The number of rotatable bonds is 6. The smallest absolute Gasteiger partial charge is 0.273 e. The fraction of sp³-hybridized carbons (Fsp3) is 0.176. The number of nitrogens with one attached hydrogen (secondary N) is 1. The largest absolute Gasteiger partial charge is 0.489 e. The van der Waals surface area contributed by atoms with E-state index in [-0.39, 0.29) is 11.6 Å². The van der Waals surface area contributed by atoms with Crippen molar-refractivity contribution in [3.8, 4) is 5.75 Å². The lowest BCUT2D eigenvalue weighted by atomic mass is 10.0. The van der Waals surface area contributed by atoms with Gasteiger partial charge in [-0.05, 0) is 17.7 Å². The first kappa shape index (κ1) is 15.6. The van der Waals surface area contributed by atoms with E-state index in [0.29, 0.717) is 12.2 Å². The number of benzene rings is 2. The molecule has 0 bridgehead atoms. The minimum absolute atomic E-state index is 0.220. The van der Waals surface area contributed by atoms with Gasteiger partial charge in [-0.3, -0.25) is 4.79 Å². The predicted octanol–water partition coefficient (Wildman–Crippen LogP) is 2.36. The van der Waals surface area contributed by atoms with Crippen molar-refractivity contribution < 1.29 is 14.4 Å². The van der Waals surface area contributed by atoms with E-state index in [1.807, 2.05) is 54.6 Å². The summed E-state index contributed by atoms with van der Waals surface area (Å²) in [5.41, 5.74) is 1.75. The van der Waals surface area contributed by atoms with Gasteiger partial charge in [-0.2, -0.15) is 0 Å². The molecule has 0 radical (unpaired) electrons. The molecule has 0 saturated heterocycles. The number of amides is 1. The second kappa shape index (κ2) is 7.83. The van der Waals surface area contributed by atoms with Crippen molar-refractivity contribution in [3.63, 3.8) is 0 Å². The summed E-state index contributed by atoms with van der Waals surface area (Å²) in [7, 11) is 2.96. The molecule has 2 aromatic rings. The monoisotopic (exact) mass is 298 g/mol. The van der Waals surface area contributed by atoms with Gasteiger partial charge in [0.15, 0.2) is 5.71 Å². The van der Waals surface area contributed by atoms with Crippen LogP contribution in [0.2, 0.25) is 0 Å². The Kier molecular flexibility index (Phi) is 5.54. The zero-order valence-corrected chi connectivity index (χ0v) is 12.6. The molecule has 1 N–H and O–H groups in total. The molecule has 114 valence electrons. The van der Waals surface area contributed by atoms with E-state index in [1.54, 1.807) is 7.05 Å². The summed E-state index contributed by atoms with van der Waals surface area (Å²) < 4.78 is 5.75. The molecule has 5 nitrogen and oxygen atoms in total. The molecule has 0 heterocycles. The van der Waals surface area contributed by atoms with Crippen LogP contribution >= 0.6 is 0 Å². The van der Waals surface area contributed by atoms with Crippen molar-refractivity contribution in [2.75, 3.05) is 14.2 Å². The van der Waals surface area contributed by atoms with Gasteiger partial charge < -0.3 is 14.9 Å². The van der Waals surface area contributed by atoms with Crippen LogP contribution in [-0.4, -0.2) is 25.8 Å². The van der Waals surface area contributed by atoms with Crippen LogP contribution in [-0.2, 0) is 16.2 Å². The molecular formula is C17H18N2O3. The zero-order valence-electron chi connectivity index (χ0n) is 12.6. The highest BCUT2D eigenvalue weighted by atomic mass is 16.6. The third-order valence-electron chi connectivity index (χ3n) is 3.03. The fourth-order valence-electron chi connectivity index (χ4n) is 1.98. The third-order valence-corrected chi connectivity index (χ3v) is 3.03. The Bertz CT molecular complexity index is 654. The molecule has 0 fully saturated rings. The highest BCUT2D eigenvalue weighted by molar-refractivity contribution is 6.45. The van der Waals surface area contributed by atoms with Crippen molar-refractivity contribution in [2.24, 2.45) is 5.16 Å². The number of hydrogen-bond donors (Lipinski definition) is 1. The number of para-hydroxylation sites is 1. The maximum atomic E-state index is 12.0. The quantitative estimate of drug-likeness (QED) is 0.658. The molecule has 5 heteroatoms. The van der Waals surface area contributed by atoms with Crippen molar-refractivity contribution >= 4 is 11.6 Å². The Labute approximate surface area is 129 Å². The first-order chi connectivity index (χ1) is 10.8. The van der Waals surface area contributed by atoms with Crippen LogP contribution < -0.4 is 10.1 Å². The van der Waals surface area contributed by atoms with Gasteiger partial charge in [0.2, 0.25) is 0 Å². The van der Waals surface area contributed by atoms with Gasteiger partial charge in [0.1, 0.15) is 19.5 Å². The predicted molar refractivity (Wildman–Crippen MR) is 84.8 cm³/mol. The molecule has 0 unspecified atom stereocenters. The number of carbonyl (C=O) groups excluding carboxylic acids is 1. The molecule has 1 amide bonds. The topological polar surface area (TPSA) is 59.9 Å². The number of oxime groups is 1. The van der Waals surface area contributed by atoms with E-state index in [1.165, 1.54) is 7.11 Å². The van der Waals surface area contributed by atoms with E-state index in [9.17, 15) is 4.79 Å². The average Bonchev–Trinajstić information content (AvgIpc) is 2.58. The molecule has 0 aliphatic carbocycles. The Balaban J connectivity index is 2.26. The Hall–Kier alpha value is -2.82. The molecular weight excluding hydrogens is 280 g/mol. The van der Waals surface area contributed by atoms with E-state index < -0.39 is 0 Å². The highest BCUT2D eigenvalue weighted by Crippen LogP contribution is 2.16. The first-order valence-electron chi connectivity index (χ1n) is 6.85. The van der Waals surface area contributed by atoms with E-state index in [0.717, 1.165) is 11.3 Å². The summed E-state index contributed by atoms with van der Waals surface area (Å²) in [4.78, 5) is 16.8. The number of nitrogens with zero attached hydrogens (tertiary/aromatic N) is 1. The second-order valence-corrected chi connectivity index (χ2v) is 4.46. The molecule has 0 aliphatic heterocycles.